The molecule has 156 valence electrons. The predicted octanol–water partition coefficient (Wildman–Crippen LogP) is 6.88. The van der Waals surface area contributed by atoms with E-state index in [4.69, 9.17) is 11.5 Å². The fourth-order valence-electron chi connectivity index (χ4n) is 3.86. The third-order valence-electron chi connectivity index (χ3n) is 6.49. The molecule has 0 bridgehead atoms. The van der Waals surface area contributed by atoms with Gasteiger partial charge in [0.1, 0.15) is 0 Å². The van der Waals surface area contributed by atoms with Gasteiger partial charge in [-0.2, -0.15) is 18.8 Å². The fourth-order valence-corrected chi connectivity index (χ4v) is 3.86. The van der Waals surface area contributed by atoms with E-state index in [1.165, 1.54) is 0 Å². The van der Waals surface area contributed by atoms with E-state index < -0.39 is 12.1 Å². The summed E-state index contributed by atoms with van der Waals surface area (Å²) in [7, 11) is 0. The van der Waals surface area contributed by atoms with Gasteiger partial charge in [-0.15, -0.1) is 12.1 Å². The molecule has 0 aromatic heterocycles. The van der Waals surface area contributed by atoms with Crippen LogP contribution >= 0.6 is 0 Å². The molecule has 0 aliphatic heterocycles. The van der Waals surface area contributed by atoms with Gasteiger partial charge in [0.05, 0.1) is 0 Å². The molecule has 0 heterocycles. The molecule has 2 aromatic carbocycles. The second kappa shape index (κ2) is 12.5. The van der Waals surface area contributed by atoms with Crippen LogP contribution in [-0.4, -0.2) is 5.48 Å². The molecule has 3 nitrogen and oxygen atoms in total. The van der Waals surface area contributed by atoms with Crippen molar-refractivity contribution >= 4 is 0 Å². The molecule has 0 radical (unpaired) electrons. The first-order valence-electron chi connectivity index (χ1n) is 9.70. The fraction of sp³-hybridized carbons (Fsp3) is 0.458. The summed E-state index contributed by atoms with van der Waals surface area (Å²) < 4.78 is 0. The SMILES string of the molecule is C[C-]1C(C)C(C)C(C)C1C.O.[Ir+3].[NH-][C@H](c1ccccc1)[C@H]([NH-])c1ccccc1. The summed E-state index contributed by atoms with van der Waals surface area (Å²) in [6.45, 7) is 11.8. The van der Waals surface area contributed by atoms with Gasteiger partial charge >= 0.3 is 20.1 Å². The van der Waals surface area contributed by atoms with Crippen molar-refractivity contribution in [1.29, 1.82) is 0 Å². The van der Waals surface area contributed by atoms with Crippen LogP contribution in [0.1, 0.15) is 57.8 Å². The van der Waals surface area contributed by atoms with Crippen LogP contribution in [0.5, 0.6) is 0 Å². The largest absolute Gasteiger partial charge is 3.00 e. The van der Waals surface area contributed by atoms with Gasteiger partial charge in [-0.1, -0.05) is 111 Å². The molecule has 0 amide bonds. The Morgan fingerprint density at radius 1 is 0.679 bits per heavy atom. The molecule has 4 heteroatoms. The normalized spacial score (nSPS) is 26.1. The molecule has 6 atom stereocenters. The van der Waals surface area contributed by atoms with Gasteiger partial charge in [-0.3, -0.25) is 0 Å². The summed E-state index contributed by atoms with van der Waals surface area (Å²) >= 11 is 0. The maximum Gasteiger partial charge on any atom is 3.00 e. The minimum absolute atomic E-state index is 0. The molecule has 28 heavy (non-hydrogen) atoms. The van der Waals surface area contributed by atoms with Gasteiger partial charge in [0.25, 0.3) is 0 Å². The minimum atomic E-state index is -0.524. The molecule has 0 spiro atoms. The van der Waals surface area contributed by atoms with E-state index >= 15 is 0 Å². The second-order valence-electron chi connectivity index (χ2n) is 7.82. The second-order valence-corrected chi connectivity index (χ2v) is 7.82. The molecule has 0 saturated heterocycles. The Morgan fingerprint density at radius 2 is 0.964 bits per heavy atom. The Bertz CT molecular complexity index is 564. The summed E-state index contributed by atoms with van der Waals surface area (Å²) in [6, 6.07) is 18.1. The molecule has 3 rings (SSSR count). The van der Waals surface area contributed by atoms with Gasteiger partial charge < -0.3 is 22.9 Å². The van der Waals surface area contributed by atoms with E-state index in [1.807, 2.05) is 60.7 Å². The van der Waals surface area contributed by atoms with Crippen molar-refractivity contribution in [3.05, 3.63) is 89.2 Å². The molecule has 4 unspecified atom stereocenters. The third-order valence-corrected chi connectivity index (χ3v) is 6.49. The predicted molar refractivity (Wildman–Crippen MR) is 116 cm³/mol. The number of hydrogen-bond donors (Lipinski definition) is 0. The zero-order valence-corrected chi connectivity index (χ0v) is 20.0. The van der Waals surface area contributed by atoms with E-state index in [-0.39, 0.29) is 25.6 Å². The first-order valence-corrected chi connectivity index (χ1v) is 9.70. The molecule has 1 fully saturated rings. The van der Waals surface area contributed by atoms with E-state index in [2.05, 4.69) is 34.6 Å². The molecule has 1 saturated carbocycles. The Hall–Kier alpha value is -1.03. The minimum Gasteiger partial charge on any atom is -0.672 e. The van der Waals surface area contributed by atoms with Crippen LogP contribution in [0.2, 0.25) is 0 Å². The molecule has 2 aromatic rings. The molecular formula is C24H35IrN2O. The summed E-state index contributed by atoms with van der Waals surface area (Å²) in [5, 5.41) is 0. The maximum atomic E-state index is 8.07. The van der Waals surface area contributed by atoms with E-state index in [0.717, 1.165) is 34.8 Å². The smallest absolute Gasteiger partial charge is 0.672 e. The molecule has 4 N–H and O–H groups in total. The topological polar surface area (TPSA) is 79.1 Å². The van der Waals surface area contributed by atoms with E-state index in [0.29, 0.717) is 0 Å². The van der Waals surface area contributed by atoms with E-state index in [1.54, 1.807) is 5.92 Å². The van der Waals surface area contributed by atoms with Crippen molar-refractivity contribution in [3.63, 3.8) is 0 Å². The van der Waals surface area contributed by atoms with Gasteiger partial charge in [0, 0.05) is 0 Å². The van der Waals surface area contributed by atoms with Gasteiger partial charge in [-0.05, 0) is 0 Å². The maximum absolute atomic E-state index is 8.07. The van der Waals surface area contributed by atoms with Crippen molar-refractivity contribution in [3.8, 4) is 0 Å². The van der Waals surface area contributed by atoms with Gasteiger partial charge in [-0.25, -0.2) is 0 Å². The monoisotopic (exact) mass is 560 g/mol. The zero-order valence-electron chi connectivity index (χ0n) is 17.6. The van der Waals surface area contributed by atoms with Crippen molar-refractivity contribution in [2.45, 2.75) is 46.7 Å². The Morgan fingerprint density at radius 3 is 1.18 bits per heavy atom. The number of benzene rings is 2. The Balaban J connectivity index is 0.000000532. The van der Waals surface area contributed by atoms with Crippen molar-refractivity contribution in [2.75, 3.05) is 0 Å². The quantitative estimate of drug-likeness (QED) is 0.367. The standard InChI is InChI=1S/C14H14N2.C10H19.Ir.H2O/c15-13(11-7-3-1-4-8-11)14(16)12-9-5-2-6-10-12;1-6-7(2)9(4)10(5)8(6)3;;/h1-10,13-16H;6-9H,1-5H3;;1H2/q-2;-1;+3;/t13-,14-;;;/m1.../s1. The average molecular weight is 560 g/mol. The first kappa shape index (κ1) is 27.0. The molecular weight excluding hydrogens is 524 g/mol. The van der Waals surface area contributed by atoms with Crippen LogP contribution in [0.3, 0.4) is 0 Å². The first-order chi connectivity index (χ1) is 12.3. The average Bonchev–Trinajstić information content (AvgIpc) is 2.86. The number of nitrogens with one attached hydrogen (secondary N) is 2. The van der Waals surface area contributed by atoms with Crippen LogP contribution in [0.15, 0.2) is 60.7 Å². The Labute approximate surface area is 185 Å². The zero-order chi connectivity index (χ0) is 19.3. The molecule has 1 aliphatic carbocycles. The van der Waals surface area contributed by atoms with Crippen molar-refractivity contribution in [2.24, 2.45) is 23.7 Å². The van der Waals surface area contributed by atoms with Crippen LogP contribution in [-0.2, 0) is 20.1 Å². The van der Waals surface area contributed by atoms with Crippen LogP contribution in [0, 0.1) is 29.6 Å². The number of hydrogen-bond acceptors (Lipinski definition) is 0. The summed E-state index contributed by atoms with van der Waals surface area (Å²) in [5.74, 6) is 5.21. The van der Waals surface area contributed by atoms with Crippen LogP contribution in [0.25, 0.3) is 11.5 Å². The van der Waals surface area contributed by atoms with Crippen molar-refractivity contribution in [1.82, 2.24) is 0 Å². The summed E-state index contributed by atoms with van der Waals surface area (Å²) in [6.07, 6.45) is 0. The Kier molecular flexibility index (Phi) is 12.1. The number of rotatable bonds is 3. The van der Waals surface area contributed by atoms with Gasteiger partial charge in [0.2, 0.25) is 0 Å². The van der Waals surface area contributed by atoms with Crippen LogP contribution < -0.4 is 0 Å². The van der Waals surface area contributed by atoms with Crippen molar-refractivity contribution < 1.29 is 25.6 Å². The van der Waals surface area contributed by atoms with Crippen LogP contribution in [0.4, 0.5) is 0 Å². The summed E-state index contributed by atoms with van der Waals surface area (Å²) in [5.41, 5.74) is 17.9. The summed E-state index contributed by atoms with van der Waals surface area (Å²) in [4.78, 5) is 0. The van der Waals surface area contributed by atoms with Gasteiger partial charge in [0.15, 0.2) is 0 Å². The van der Waals surface area contributed by atoms with E-state index in [9.17, 15) is 0 Å². The third kappa shape index (κ3) is 6.50. The molecule has 1 aliphatic rings.